The summed E-state index contributed by atoms with van der Waals surface area (Å²) in [5.41, 5.74) is 0.182. The number of esters is 1. The Bertz CT molecular complexity index is 1210. The number of ether oxygens (including phenoxy) is 1. The van der Waals surface area contributed by atoms with Gasteiger partial charge < -0.3 is 4.74 Å². The van der Waals surface area contributed by atoms with E-state index in [2.05, 4.69) is 0 Å². The third-order valence-electron chi connectivity index (χ3n) is 5.93. The van der Waals surface area contributed by atoms with Crippen LogP contribution >= 0.6 is 0 Å². The van der Waals surface area contributed by atoms with Gasteiger partial charge in [0.05, 0.1) is 35.2 Å². The third kappa shape index (κ3) is 4.46. The number of para-hydroxylation sites is 1. The molecule has 0 N–H and O–H groups in total. The normalized spacial score (nSPS) is 20.1. The number of amides is 2. The van der Waals surface area contributed by atoms with Crippen molar-refractivity contribution in [2.24, 2.45) is 0 Å². The van der Waals surface area contributed by atoms with E-state index in [-0.39, 0.29) is 55.4 Å². The highest BCUT2D eigenvalue weighted by molar-refractivity contribution is 7.89. The second kappa shape index (κ2) is 9.61. The second-order valence-corrected chi connectivity index (χ2v) is 9.86. The summed E-state index contributed by atoms with van der Waals surface area (Å²) in [6.07, 6.45) is -0.0881. The molecule has 9 nitrogen and oxygen atoms in total. The first-order valence-corrected chi connectivity index (χ1v) is 12.3. The van der Waals surface area contributed by atoms with Crippen LogP contribution in [0.5, 0.6) is 0 Å². The number of anilines is 1. The smallest absolute Gasteiger partial charge is 0.338 e. The van der Waals surface area contributed by atoms with Crippen LogP contribution in [0.1, 0.15) is 23.7 Å². The maximum absolute atomic E-state index is 14.1. The van der Waals surface area contributed by atoms with Crippen LogP contribution in [0.4, 0.5) is 10.1 Å². The zero-order valence-corrected chi connectivity index (χ0v) is 19.3. The highest BCUT2D eigenvalue weighted by atomic mass is 32.2. The van der Waals surface area contributed by atoms with Gasteiger partial charge in [0.15, 0.2) is 0 Å². The Morgan fingerprint density at radius 3 is 2.29 bits per heavy atom. The Balaban J connectivity index is 1.42. The number of halogens is 1. The van der Waals surface area contributed by atoms with Crippen molar-refractivity contribution in [2.45, 2.75) is 24.3 Å². The van der Waals surface area contributed by atoms with Gasteiger partial charge in [-0.25, -0.2) is 22.5 Å². The molecule has 0 bridgehead atoms. The summed E-state index contributed by atoms with van der Waals surface area (Å²) in [5.74, 6) is -2.19. The van der Waals surface area contributed by atoms with Gasteiger partial charge in [0.1, 0.15) is 5.82 Å². The summed E-state index contributed by atoms with van der Waals surface area (Å²) < 4.78 is 46.4. The fourth-order valence-corrected chi connectivity index (χ4v) is 5.59. The Hall–Kier alpha value is -3.15. The van der Waals surface area contributed by atoms with Gasteiger partial charge >= 0.3 is 5.97 Å². The molecule has 11 heteroatoms. The van der Waals surface area contributed by atoms with E-state index in [0.29, 0.717) is 0 Å². The molecular weight excluding hydrogens is 465 g/mol. The number of piperazine rings is 1. The predicted molar refractivity (Wildman–Crippen MR) is 120 cm³/mol. The molecule has 0 aromatic heterocycles. The molecule has 1 unspecified atom stereocenters. The first-order valence-electron chi connectivity index (χ1n) is 10.9. The number of hydrogen-bond donors (Lipinski definition) is 0. The van der Waals surface area contributed by atoms with Crippen molar-refractivity contribution in [1.82, 2.24) is 9.21 Å². The number of benzene rings is 2. The Labute approximate surface area is 196 Å². The lowest BCUT2D eigenvalue weighted by Gasteiger charge is -2.36. The Morgan fingerprint density at radius 2 is 1.68 bits per heavy atom. The summed E-state index contributed by atoms with van der Waals surface area (Å²) in [5, 5.41) is 0. The quantitative estimate of drug-likeness (QED) is 0.449. The molecule has 2 fully saturated rings. The van der Waals surface area contributed by atoms with Crippen molar-refractivity contribution < 1.29 is 31.9 Å². The summed E-state index contributed by atoms with van der Waals surface area (Å²) in [6, 6.07) is 10.4. The van der Waals surface area contributed by atoms with Gasteiger partial charge in [-0.15, -0.1) is 0 Å². The van der Waals surface area contributed by atoms with Gasteiger partial charge in [-0.05, 0) is 43.3 Å². The highest BCUT2D eigenvalue weighted by Gasteiger charge is 2.44. The molecule has 2 amide bonds. The topological polar surface area (TPSA) is 104 Å². The van der Waals surface area contributed by atoms with E-state index in [4.69, 9.17) is 4.74 Å². The molecule has 2 aromatic rings. The molecule has 180 valence electrons. The molecule has 2 aliphatic rings. The molecule has 2 saturated heterocycles. The second-order valence-electron chi connectivity index (χ2n) is 7.92. The lowest BCUT2D eigenvalue weighted by atomic mass is 10.2. The number of carbonyl (C=O) groups is 3. The minimum Gasteiger partial charge on any atom is -0.462 e. The van der Waals surface area contributed by atoms with Gasteiger partial charge in [0.2, 0.25) is 15.9 Å². The summed E-state index contributed by atoms with van der Waals surface area (Å²) in [4.78, 5) is 39.9. The minimum atomic E-state index is -3.80. The maximum atomic E-state index is 14.1. The van der Waals surface area contributed by atoms with Gasteiger partial charge in [0, 0.05) is 26.2 Å². The van der Waals surface area contributed by atoms with Crippen LogP contribution in [0.3, 0.4) is 0 Å². The van der Waals surface area contributed by atoms with Gasteiger partial charge in [-0.1, -0.05) is 12.1 Å². The first-order chi connectivity index (χ1) is 16.2. The number of rotatable bonds is 6. The van der Waals surface area contributed by atoms with Crippen LogP contribution < -0.4 is 4.90 Å². The summed E-state index contributed by atoms with van der Waals surface area (Å²) in [7, 11) is -3.80. The van der Waals surface area contributed by atoms with Crippen LogP contribution in [0.2, 0.25) is 0 Å². The van der Waals surface area contributed by atoms with Gasteiger partial charge in [-0.3, -0.25) is 14.5 Å². The third-order valence-corrected chi connectivity index (χ3v) is 7.85. The fraction of sp³-hybridized carbons (Fsp3) is 0.348. The molecule has 2 aromatic carbocycles. The summed E-state index contributed by atoms with van der Waals surface area (Å²) >= 11 is 0. The molecule has 4 rings (SSSR count). The van der Waals surface area contributed by atoms with Crippen LogP contribution in [0, 0.1) is 5.82 Å². The average Bonchev–Trinajstić information content (AvgIpc) is 3.13. The van der Waals surface area contributed by atoms with Crippen molar-refractivity contribution in [3.05, 3.63) is 59.9 Å². The standard InChI is InChI=1S/C23H24FN3O6S/c1-2-33-23(30)16-7-9-17(10-8-16)34(31,32)26-13-11-25(12-14-26)20-15-21(28)27(22(20)29)19-6-4-3-5-18(19)24/h3-10,20H,2,11-15H2,1H3. The van der Waals surface area contributed by atoms with E-state index in [1.807, 2.05) is 0 Å². The van der Waals surface area contributed by atoms with E-state index in [1.54, 1.807) is 17.9 Å². The number of nitrogens with zero attached hydrogens (tertiary/aromatic N) is 3. The van der Waals surface area contributed by atoms with Crippen molar-refractivity contribution in [3.63, 3.8) is 0 Å². The van der Waals surface area contributed by atoms with Crippen LogP contribution in [-0.2, 0) is 24.3 Å². The summed E-state index contributed by atoms with van der Waals surface area (Å²) in [6.45, 7) is 2.64. The van der Waals surface area contributed by atoms with Crippen LogP contribution in [-0.4, -0.2) is 74.2 Å². The monoisotopic (exact) mass is 489 g/mol. The molecule has 34 heavy (non-hydrogen) atoms. The number of hydrogen-bond acceptors (Lipinski definition) is 7. The fourth-order valence-electron chi connectivity index (χ4n) is 4.17. The molecule has 2 heterocycles. The first kappa shape index (κ1) is 24.0. The zero-order chi connectivity index (χ0) is 24.5. The van der Waals surface area contributed by atoms with Crippen molar-refractivity contribution in [2.75, 3.05) is 37.7 Å². The van der Waals surface area contributed by atoms with E-state index < -0.39 is 39.7 Å². The molecule has 0 spiro atoms. The number of sulfonamides is 1. The number of imide groups is 1. The van der Waals surface area contributed by atoms with Crippen molar-refractivity contribution >= 4 is 33.5 Å². The molecule has 1 atom stereocenters. The van der Waals surface area contributed by atoms with Crippen LogP contribution in [0.25, 0.3) is 0 Å². The number of carbonyl (C=O) groups excluding carboxylic acids is 3. The minimum absolute atomic E-state index is 0.0480. The van der Waals surface area contributed by atoms with Gasteiger partial charge in [-0.2, -0.15) is 4.31 Å². The highest BCUT2D eigenvalue weighted by Crippen LogP contribution is 2.29. The van der Waals surface area contributed by atoms with E-state index in [1.165, 1.54) is 46.8 Å². The predicted octanol–water partition coefficient (Wildman–Crippen LogP) is 1.64. The molecular formula is C23H24FN3O6S. The van der Waals surface area contributed by atoms with E-state index in [0.717, 1.165) is 4.90 Å². The lowest BCUT2D eigenvalue weighted by Crippen LogP contribution is -2.53. The maximum Gasteiger partial charge on any atom is 0.338 e. The largest absolute Gasteiger partial charge is 0.462 e. The van der Waals surface area contributed by atoms with E-state index >= 15 is 0 Å². The van der Waals surface area contributed by atoms with Crippen molar-refractivity contribution in [1.29, 1.82) is 0 Å². The SMILES string of the molecule is CCOC(=O)c1ccc(S(=O)(=O)N2CCN(C3CC(=O)N(c4ccccc4F)C3=O)CC2)cc1. The van der Waals surface area contributed by atoms with E-state index in [9.17, 15) is 27.2 Å². The average molecular weight is 490 g/mol. The molecule has 2 aliphatic heterocycles. The molecule has 0 aliphatic carbocycles. The van der Waals surface area contributed by atoms with Gasteiger partial charge in [0.25, 0.3) is 5.91 Å². The Kier molecular flexibility index (Phi) is 6.78. The lowest BCUT2D eigenvalue weighted by molar-refractivity contribution is -0.123. The van der Waals surface area contributed by atoms with Crippen molar-refractivity contribution in [3.8, 4) is 0 Å². The zero-order valence-electron chi connectivity index (χ0n) is 18.5. The molecule has 0 saturated carbocycles. The van der Waals surface area contributed by atoms with Crippen LogP contribution in [0.15, 0.2) is 53.4 Å². The molecule has 0 radical (unpaired) electrons. The Morgan fingerprint density at radius 1 is 1.03 bits per heavy atom.